The van der Waals surface area contributed by atoms with Crippen LogP contribution in [0.1, 0.15) is 13.8 Å². The second kappa shape index (κ2) is 5.29. The number of carbonyl (C=O) groups excluding carboxylic acids is 2. The first-order valence-electron chi connectivity index (χ1n) is 7.10. The van der Waals surface area contributed by atoms with Crippen LogP contribution in [0.4, 0.5) is 0 Å². The number of hydrogen-bond donors (Lipinski definition) is 2. The quantitative estimate of drug-likeness (QED) is 0.387. The Morgan fingerprint density at radius 2 is 1.87 bits per heavy atom. The predicted octanol–water partition coefficient (Wildman–Crippen LogP) is -0.738. The summed E-state index contributed by atoms with van der Waals surface area (Å²) in [5.41, 5.74) is 1.96. The van der Waals surface area contributed by atoms with E-state index in [2.05, 4.69) is 15.3 Å². The zero-order valence-corrected chi connectivity index (χ0v) is 13.2. The third-order valence-corrected chi connectivity index (χ3v) is 4.53. The number of aliphatic hydroxyl groups is 1. The first kappa shape index (κ1) is 15.9. The summed E-state index contributed by atoms with van der Waals surface area (Å²) >= 11 is 0. The van der Waals surface area contributed by atoms with Gasteiger partial charge in [0.05, 0.1) is 26.1 Å². The van der Waals surface area contributed by atoms with Crippen molar-refractivity contribution in [2.45, 2.75) is 31.8 Å². The second-order valence-corrected chi connectivity index (χ2v) is 5.90. The van der Waals surface area contributed by atoms with E-state index in [0.717, 1.165) is 18.3 Å². The van der Waals surface area contributed by atoms with Crippen molar-refractivity contribution >= 4 is 17.7 Å². The molecule has 0 radical (unpaired) electrons. The number of hydrazone groups is 1. The van der Waals surface area contributed by atoms with Crippen LogP contribution in [0.5, 0.6) is 0 Å². The average molecular weight is 326 g/mol. The van der Waals surface area contributed by atoms with E-state index in [-0.39, 0.29) is 5.71 Å². The molecule has 2 fully saturated rings. The lowest BCUT2D eigenvalue weighted by Gasteiger charge is -2.41. The van der Waals surface area contributed by atoms with Crippen LogP contribution in [-0.4, -0.2) is 54.9 Å². The van der Waals surface area contributed by atoms with Gasteiger partial charge >= 0.3 is 11.9 Å². The lowest BCUT2D eigenvalue weighted by Crippen LogP contribution is -2.66. The Hall–Kier alpha value is -1.97. The van der Waals surface area contributed by atoms with E-state index in [1.165, 1.54) is 7.11 Å². The fourth-order valence-corrected chi connectivity index (χ4v) is 3.55. The van der Waals surface area contributed by atoms with Gasteiger partial charge in [-0.2, -0.15) is 5.10 Å². The largest absolute Gasteiger partial charge is 0.465 e. The summed E-state index contributed by atoms with van der Waals surface area (Å²) in [5, 5.41) is 14.7. The van der Waals surface area contributed by atoms with Crippen molar-refractivity contribution in [2.75, 3.05) is 14.2 Å². The molecule has 0 amide bonds. The monoisotopic (exact) mass is 326 g/mol. The molecule has 0 aromatic rings. The SMILES string of the molecule is COC(=O)C1=NNC(O)(C(=O)OC)[C@@H]2[C@H]1[C@@H]1OO[C@H]2C1=C(C)C. The highest BCUT2D eigenvalue weighted by atomic mass is 17.2. The molecule has 0 aromatic carbocycles. The standard InChI is InChI=1S/C14H18N2O7/c1-5(2)6-10-7-8(11(6)23-22-10)14(19,13(18)21-4)16-15-9(7)12(17)20-3/h7-8,10-11,16,19H,1-4H3/t7-,8-,10-,11+,14?/m1/s1. The Labute approximate surface area is 132 Å². The van der Waals surface area contributed by atoms with Gasteiger partial charge < -0.3 is 14.6 Å². The molecule has 3 aliphatic rings. The van der Waals surface area contributed by atoms with E-state index in [1.54, 1.807) is 0 Å². The van der Waals surface area contributed by atoms with Gasteiger partial charge in [-0.3, -0.25) is 5.43 Å². The third kappa shape index (κ3) is 2.00. The van der Waals surface area contributed by atoms with Gasteiger partial charge in [0.2, 0.25) is 0 Å². The molecule has 1 saturated carbocycles. The van der Waals surface area contributed by atoms with Crippen molar-refractivity contribution in [1.82, 2.24) is 5.43 Å². The van der Waals surface area contributed by atoms with Gasteiger partial charge in [-0.15, -0.1) is 0 Å². The highest BCUT2D eigenvalue weighted by Crippen LogP contribution is 2.52. The van der Waals surface area contributed by atoms with Gasteiger partial charge in [0, 0.05) is 0 Å². The molecule has 3 rings (SSSR count). The lowest BCUT2D eigenvalue weighted by molar-refractivity contribution is -0.348. The van der Waals surface area contributed by atoms with Gasteiger partial charge in [0.1, 0.15) is 12.2 Å². The molecule has 2 heterocycles. The van der Waals surface area contributed by atoms with E-state index in [0.29, 0.717) is 0 Å². The van der Waals surface area contributed by atoms with Crippen LogP contribution in [0, 0.1) is 11.8 Å². The summed E-state index contributed by atoms with van der Waals surface area (Å²) in [5.74, 6) is -3.09. The maximum Gasteiger partial charge on any atom is 0.361 e. The number of carbonyl (C=O) groups is 2. The fraction of sp³-hybridized carbons (Fsp3) is 0.643. The van der Waals surface area contributed by atoms with Crippen molar-refractivity contribution < 1.29 is 33.9 Å². The molecule has 0 spiro atoms. The van der Waals surface area contributed by atoms with Crippen LogP contribution >= 0.6 is 0 Å². The minimum Gasteiger partial charge on any atom is -0.465 e. The normalized spacial score (nSPS) is 37.6. The maximum atomic E-state index is 12.1. The maximum absolute atomic E-state index is 12.1. The molecule has 2 bridgehead atoms. The van der Waals surface area contributed by atoms with Crippen LogP contribution in [-0.2, 0) is 28.8 Å². The lowest BCUT2D eigenvalue weighted by atomic mass is 9.79. The Balaban J connectivity index is 2.14. The zero-order chi connectivity index (χ0) is 16.9. The molecule has 0 aromatic heterocycles. The van der Waals surface area contributed by atoms with Crippen LogP contribution in [0.3, 0.4) is 0 Å². The number of methoxy groups -OCH3 is 2. The van der Waals surface area contributed by atoms with E-state index >= 15 is 0 Å². The number of allylic oxidation sites excluding steroid dienone is 1. The van der Waals surface area contributed by atoms with E-state index in [4.69, 9.17) is 14.5 Å². The molecule has 5 atom stereocenters. The molecule has 126 valence electrons. The Morgan fingerprint density at radius 1 is 1.22 bits per heavy atom. The van der Waals surface area contributed by atoms with Crippen LogP contribution in [0.2, 0.25) is 0 Å². The number of esters is 2. The fourth-order valence-electron chi connectivity index (χ4n) is 3.55. The van der Waals surface area contributed by atoms with Gasteiger partial charge in [-0.25, -0.2) is 19.4 Å². The third-order valence-electron chi connectivity index (χ3n) is 4.53. The number of rotatable bonds is 2. The van der Waals surface area contributed by atoms with Gasteiger partial charge in [0.15, 0.2) is 5.71 Å². The zero-order valence-electron chi connectivity index (χ0n) is 13.2. The number of fused-ring (bicyclic) bond motifs is 5. The van der Waals surface area contributed by atoms with Crippen LogP contribution in [0.25, 0.3) is 0 Å². The molecule has 2 N–H and O–H groups in total. The van der Waals surface area contributed by atoms with Crippen molar-refractivity contribution in [3.05, 3.63) is 11.1 Å². The van der Waals surface area contributed by atoms with E-state index < -0.39 is 41.7 Å². The number of hydrogen-bond acceptors (Lipinski definition) is 9. The minimum absolute atomic E-state index is 0.0422. The van der Waals surface area contributed by atoms with Gasteiger partial charge in [-0.05, 0) is 19.4 Å². The highest BCUT2D eigenvalue weighted by molar-refractivity contribution is 6.38. The topological polar surface area (TPSA) is 116 Å². The van der Waals surface area contributed by atoms with Crippen LogP contribution < -0.4 is 5.43 Å². The van der Waals surface area contributed by atoms with Gasteiger partial charge in [-0.1, -0.05) is 5.57 Å². The van der Waals surface area contributed by atoms with Crippen LogP contribution in [0.15, 0.2) is 16.2 Å². The summed E-state index contributed by atoms with van der Waals surface area (Å²) in [6, 6.07) is 0. The van der Waals surface area contributed by atoms with Crippen molar-refractivity contribution in [2.24, 2.45) is 16.9 Å². The summed E-state index contributed by atoms with van der Waals surface area (Å²) in [7, 11) is 2.39. The molecule has 23 heavy (non-hydrogen) atoms. The van der Waals surface area contributed by atoms with Crippen molar-refractivity contribution in [3.8, 4) is 0 Å². The molecule has 1 saturated heterocycles. The molecule has 2 aliphatic heterocycles. The summed E-state index contributed by atoms with van der Waals surface area (Å²) in [6.07, 6.45) is -1.31. The minimum atomic E-state index is -2.12. The first-order chi connectivity index (χ1) is 10.9. The molecule has 1 unspecified atom stereocenters. The molecular formula is C14H18N2O7. The van der Waals surface area contributed by atoms with Crippen molar-refractivity contribution in [3.63, 3.8) is 0 Å². The highest BCUT2D eigenvalue weighted by Gasteiger charge is 2.69. The predicted molar refractivity (Wildman–Crippen MR) is 74.7 cm³/mol. The molecule has 9 nitrogen and oxygen atoms in total. The Kier molecular flexibility index (Phi) is 3.66. The molecular weight excluding hydrogens is 308 g/mol. The Morgan fingerprint density at radius 3 is 2.43 bits per heavy atom. The average Bonchev–Trinajstić information content (AvgIpc) is 3.11. The van der Waals surface area contributed by atoms with Crippen molar-refractivity contribution in [1.29, 1.82) is 0 Å². The molecule has 1 aliphatic carbocycles. The number of ether oxygens (including phenoxy) is 2. The van der Waals surface area contributed by atoms with E-state index in [9.17, 15) is 14.7 Å². The number of nitrogens with zero attached hydrogens (tertiary/aromatic N) is 1. The number of nitrogens with one attached hydrogen (secondary N) is 1. The summed E-state index contributed by atoms with van der Waals surface area (Å²) < 4.78 is 9.41. The Bertz CT molecular complexity index is 625. The smallest absolute Gasteiger partial charge is 0.361 e. The first-order valence-corrected chi connectivity index (χ1v) is 7.10. The summed E-state index contributed by atoms with van der Waals surface area (Å²) in [4.78, 5) is 34.7. The molecule has 9 heteroatoms. The van der Waals surface area contributed by atoms with E-state index in [1.807, 2.05) is 13.8 Å². The second-order valence-electron chi connectivity index (χ2n) is 5.90. The summed E-state index contributed by atoms with van der Waals surface area (Å²) in [6.45, 7) is 3.73. The van der Waals surface area contributed by atoms with Gasteiger partial charge in [0.25, 0.3) is 5.72 Å².